The van der Waals surface area contributed by atoms with Gasteiger partial charge in [-0.25, -0.2) is 0 Å². The number of hydrogen-bond acceptors (Lipinski definition) is 6. The maximum Gasteiger partial charge on any atom is 0.306 e. The summed E-state index contributed by atoms with van der Waals surface area (Å²) in [5, 5.41) is 11.0. The minimum atomic E-state index is -0.415. The summed E-state index contributed by atoms with van der Waals surface area (Å²) in [7, 11) is 1.37. The number of ether oxygens (including phenoxy) is 3. The van der Waals surface area contributed by atoms with Crippen molar-refractivity contribution in [1.29, 1.82) is 0 Å². The van der Waals surface area contributed by atoms with Crippen LogP contribution in [0, 0.1) is 5.92 Å². The molecule has 0 aliphatic carbocycles. The second-order valence-corrected chi connectivity index (χ2v) is 8.88. The smallest absolute Gasteiger partial charge is 0.306 e. The van der Waals surface area contributed by atoms with Crippen LogP contribution < -0.4 is 9.47 Å². The lowest BCUT2D eigenvalue weighted by atomic mass is 9.80. The molecule has 0 radical (unpaired) electrons. The molecule has 3 rings (SSSR count). The molecule has 160 valence electrons. The Balaban J connectivity index is 2.29. The number of fused-ring (bicyclic) bond motifs is 2. The fraction of sp³-hybridized carbons (Fsp3) is 0.652. The fourth-order valence-electron chi connectivity index (χ4n) is 4.30. The first-order valence-corrected chi connectivity index (χ1v) is 10.5. The third-order valence-corrected chi connectivity index (χ3v) is 6.22. The molecule has 2 heterocycles. The molecule has 29 heavy (non-hydrogen) atoms. The number of hydrogen-bond donors (Lipinski definition) is 1. The van der Waals surface area contributed by atoms with Gasteiger partial charge in [-0.1, -0.05) is 20.3 Å². The van der Waals surface area contributed by atoms with Gasteiger partial charge in [0.25, 0.3) is 0 Å². The summed E-state index contributed by atoms with van der Waals surface area (Å²) < 4.78 is 17.4. The number of ketones is 1. The summed E-state index contributed by atoms with van der Waals surface area (Å²) >= 11 is 0. The van der Waals surface area contributed by atoms with Crippen molar-refractivity contribution in [3.05, 3.63) is 16.7 Å². The zero-order chi connectivity index (χ0) is 21.5. The Morgan fingerprint density at radius 3 is 2.62 bits per heavy atom. The Kier molecular flexibility index (Phi) is 5.84. The zero-order valence-electron chi connectivity index (χ0n) is 18.3. The summed E-state index contributed by atoms with van der Waals surface area (Å²) in [4.78, 5) is 25.3. The van der Waals surface area contributed by atoms with E-state index in [1.165, 1.54) is 7.11 Å². The predicted molar refractivity (Wildman–Crippen MR) is 109 cm³/mol. The van der Waals surface area contributed by atoms with Crippen molar-refractivity contribution in [3.8, 4) is 17.2 Å². The molecule has 2 aliphatic heterocycles. The molecule has 0 aromatic heterocycles. The normalized spacial score (nSPS) is 23.3. The average Bonchev–Trinajstić information content (AvgIpc) is 2.65. The second kappa shape index (κ2) is 7.88. The molecular formula is C23H32O6. The summed E-state index contributed by atoms with van der Waals surface area (Å²) in [6, 6.07) is 0. The minimum Gasteiger partial charge on any atom is -0.507 e. The van der Waals surface area contributed by atoms with Gasteiger partial charge in [0.15, 0.2) is 5.78 Å². The molecule has 0 amide bonds. The largest absolute Gasteiger partial charge is 0.507 e. The van der Waals surface area contributed by atoms with Crippen molar-refractivity contribution in [3.63, 3.8) is 0 Å². The molecule has 0 fully saturated rings. The van der Waals surface area contributed by atoms with E-state index in [1.54, 1.807) is 0 Å². The van der Waals surface area contributed by atoms with Crippen LogP contribution in [0.25, 0.3) is 0 Å². The fourth-order valence-corrected chi connectivity index (χ4v) is 4.30. The highest BCUT2D eigenvalue weighted by atomic mass is 16.5. The number of methoxy groups -OCH3 is 1. The van der Waals surface area contributed by atoms with Crippen LogP contribution in [0.3, 0.4) is 0 Å². The van der Waals surface area contributed by atoms with Crippen molar-refractivity contribution in [1.82, 2.24) is 0 Å². The average molecular weight is 405 g/mol. The van der Waals surface area contributed by atoms with Crippen molar-refractivity contribution in [2.24, 2.45) is 5.92 Å². The lowest BCUT2D eigenvalue weighted by Gasteiger charge is -2.39. The highest BCUT2D eigenvalue weighted by Crippen LogP contribution is 2.54. The monoisotopic (exact) mass is 404 g/mol. The zero-order valence-corrected chi connectivity index (χ0v) is 18.3. The number of phenolic OH excluding ortho intramolecular Hbond substituents is 1. The van der Waals surface area contributed by atoms with E-state index < -0.39 is 5.60 Å². The molecule has 0 spiro atoms. The van der Waals surface area contributed by atoms with Gasteiger partial charge >= 0.3 is 5.97 Å². The Morgan fingerprint density at radius 2 is 2.00 bits per heavy atom. The number of carbonyl (C=O) groups is 2. The summed E-state index contributed by atoms with van der Waals surface area (Å²) in [6.45, 7) is 9.72. The van der Waals surface area contributed by atoms with Crippen LogP contribution in [0.1, 0.15) is 87.7 Å². The number of phenols is 1. The van der Waals surface area contributed by atoms with Crippen LogP contribution >= 0.6 is 0 Å². The number of carbonyl (C=O) groups excluding carboxylic acids is 2. The molecule has 3 unspecified atom stereocenters. The third kappa shape index (κ3) is 3.81. The van der Waals surface area contributed by atoms with Crippen molar-refractivity contribution in [2.45, 2.75) is 84.3 Å². The Hall–Kier alpha value is -2.24. The molecule has 1 N–H and O–H groups in total. The summed E-state index contributed by atoms with van der Waals surface area (Å²) in [5.41, 5.74) is 1.18. The quantitative estimate of drug-likeness (QED) is 0.726. The predicted octanol–water partition coefficient (Wildman–Crippen LogP) is 4.54. The summed E-state index contributed by atoms with van der Waals surface area (Å²) in [5.74, 6) is -0.128. The van der Waals surface area contributed by atoms with E-state index in [0.717, 1.165) is 18.4 Å². The van der Waals surface area contributed by atoms with Gasteiger partial charge in [-0.05, 0) is 40.0 Å². The van der Waals surface area contributed by atoms with Crippen LogP contribution in [-0.2, 0) is 16.0 Å². The number of esters is 1. The number of Topliss-reactive ketones (excluding diaryl/α,β-unsaturated/α-hetero) is 1. The van der Waals surface area contributed by atoms with Gasteiger partial charge in [-0.3, -0.25) is 9.59 Å². The Labute approximate surface area is 172 Å². The molecule has 3 atom stereocenters. The first-order valence-electron chi connectivity index (χ1n) is 10.5. The van der Waals surface area contributed by atoms with Gasteiger partial charge in [-0.15, -0.1) is 0 Å². The van der Waals surface area contributed by atoms with E-state index in [4.69, 9.17) is 14.2 Å². The van der Waals surface area contributed by atoms with Crippen molar-refractivity contribution in [2.75, 3.05) is 7.11 Å². The molecule has 0 saturated carbocycles. The molecule has 0 saturated heterocycles. The van der Waals surface area contributed by atoms with Crippen LogP contribution in [-0.4, -0.2) is 35.7 Å². The van der Waals surface area contributed by atoms with Gasteiger partial charge in [-0.2, -0.15) is 0 Å². The minimum absolute atomic E-state index is 0.0358. The van der Waals surface area contributed by atoms with Crippen LogP contribution in [0.2, 0.25) is 0 Å². The van der Waals surface area contributed by atoms with Gasteiger partial charge in [0.2, 0.25) is 0 Å². The molecule has 6 nitrogen and oxygen atoms in total. The van der Waals surface area contributed by atoms with Crippen LogP contribution in [0.15, 0.2) is 0 Å². The standard InChI is InChI=1S/C23H32O6/c1-7-8-14(11-16(24)27-6)17-21-15(9-10-23(4,5)29-21)20(26)18-19(25)12(2)13(3)28-22(17)18/h12-14,26H,7-11H2,1-6H3. The number of rotatable bonds is 5. The molecule has 0 bridgehead atoms. The van der Waals surface area contributed by atoms with E-state index in [1.807, 2.05) is 34.6 Å². The molecular weight excluding hydrogens is 372 g/mol. The maximum atomic E-state index is 13.1. The second-order valence-electron chi connectivity index (χ2n) is 8.88. The third-order valence-electron chi connectivity index (χ3n) is 6.22. The lowest BCUT2D eigenvalue weighted by Crippen LogP contribution is -2.37. The Morgan fingerprint density at radius 1 is 1.31 bits per heavy atom. The highest BCUT2D eigenvalue weighted by Gasteiger charge is 2.43. The topological polar surface area (TPSA) is 82.1 Å². The summed E-state index contributed by atoms with van der Waals surface area (Å²) in [6.07, 6.45) is 2.71. The SMILES string of the molecule is CCCC(CC(=O)OC)c1c2c(c(O)c3c1OC(C)C(C)C3=O)CCC(C)(C)O2. The van der Waals surface area contributed by atoms with E-state index in [2.05, 4.69) is 0 Å². The molecule has 1 aromatic carbocycles. The van der Waals surface area contributed by atoms with Gasteiger partial charge in [0.05, 0.1) is 19.4 Å². The molecule has 1 aromatic rings. The molecule has 2 aliphatic rings. The van der Waals surface area contributed by atoms with Crippen LogP contribution in [0.5, 0.6) is 17.2 Å². The lowest BCUT2D eigenvalue weighted by molar-refractivity contribution is -0.141. The van der Waals surface area contributed by atoms with E-state index in [9.17, 15) is 14.7 Å². The number of aromatic hydroxyl groups is 1. The Bertz CT molecular complexity index is 825. The molecule has 6 heteroatoms. The van der Waals surface area contributed by atoms with E-state index in [-0.39, 0.29) is 47.4 Å². The van der Waals surface area contributed by atoms with Gasteiger partial charge in [0, 0.05) is 17.0 Å². The van der Waals surface area contributed by atoms with E-state index in [0.29, 0.717) is 29.9 Å². The first kappa shape index (κ1) is 21.5. The highest BCUT2D eigenvalue weighted by molar-refractivity contribution is 6.05. The van der Waals surface area contributed by atoms with Gasteiger partial charge < -0.3 is 19.3 Å². The van der Waals surface area contributed by atoms with E-state index >= 15 is 0 Å². The van der Waals surface area contributed by atoms with Crippen molar-refractivity contribution < 1.29 is 28.9 Å². The first-order chi connectivity index (χ1) is 13.6. The van der Waals surface area contributed by atoms with Gasteiger partial charge in [0.1, 0.15) is 34.5 Å². The van der Waals surface area contributed by atoms with Crippen LogP contribution in [0.4, 0.5) is 0 Å². The maximum absolute atomic E-state index is 13.1. The number of benzene rings is 1. The van der Waals surface area contributed by atoms with Crippen molar-refractivity contribution >= 4 is 11.8 Å².